The highest BCUT2D eigenvalue weighted by atomic mass is 16.5. The van der Waals surface area contributed by atoms with Gasteiger partial charge in [-0.15, -0.1) is 0 Å². The molecule has 3 rings (SSSR count). The van der Waals surface area contributed by atoms with Crippen LogP contribution in [0, 0.1) is 0 Å². The minimum Gasteiger partial charge on any atom is -0.494 e. The van der Waals surface area contributed by atoms with Gasteiger partial charge in [-0.05, 0) is 61.8 Å². The number of nitrogens with one attached hydrogen (secondary N) is 2. The Hall–Kier alpha value is -1.71. The number of ether oxygens (including phenoxy) is 1. The molecule has 2 N–H and O–H groups in total. The van der Waals surface area contributed by atoms with E-state index in [9.17, 15) is 0 Å². The SMILES string of the molecule is c1cc2c(cc1OCCCNC1=NCCCN1)CCCC2. The number of aliphatic imine (C=N–C) groups is 1. The summed E-state index contributed by atoms with van der Waals surface area (Å²) in [6, 6.07) is 6.59. The van der Waals surface area contributed by atoms with E-state index in [1.54, 1.807) is 0 Å². The van der Waals surface area contributed by atoms with Gasteiger partial charge < -0.3 is 15.4 Å². The summed E-state index contributed by atoms with van der Waals surface area (Å²) in [6.45, 7) is 3.61. The van der Waals surface area contributed by atoms with Crippen LogP contribution >= 0.6 is 0 Å². The molecular weight excluding hydrogens is 262 g/mol. The molecule has 0 aromatic heterocycles. The quantitative estimate of drug-likeness (QED) is 0.817. The number of benzene rings is 1. The molecule has 0 unspecified atom stereocenters. The highest BCUT2D eigenvalue weighted by Crippen LogP contribution is 2.25. The maximum atomic E-state index is 5.86. The van der Waals surface area contributed by atoms with Crippen molar-refractivity contribution in [2.45, 2.75) is 38.5 Å². The van der Waals surface area contributed by atoms with E-state index in [0.29, 0.717) is 0 Å². The van der Waals surface area contributed by atoms with E-state index in [1.807, 2.05) is 0 Å². The van der Waals surface area contributed by atoms with Gasteiger partial charge in [-0.25, -0.2) is 0 Å². The summed E-state index contributed by atoms with van der Waals surface area (Å²) < 4.78 is 5.86. The lowest BCUT2D eigenvalue weighted by Gasteiger charge is -2.17. The Labute approximate surface area is 127 Å². The summed E-state index contributed by atoms with van der Waals surface area (Å²) in [6.07, 6.45) is 7.20. The Balaban J connectivity index is 1.38. The molecule has 0 saturated heterocycles. The number of aryl methyl sites for hydroxylation is 2. The van der Waals surface area contributed by atoms with Crippen LogP contribution in [0.25, 0.3) is 0 Å². The first kappa shape index (κ1) is 14.2. The van der Waals surface area contributed by atoms with Crippen molar-refractivity contribution >= 4 is 5.96 Å². The minimum atomic E-state index is 0.749. The average Bonchev–Trinajstić information content (AvgIpc) is 2.55. The second-order valence-corrected chi connectivity index (χ2v) is 5.78. The molecule has 1 aromatic carbocycles. The lowest BCUT2D eigenvalue weighted by Crippen LogP contribution is -2.41. The summed E-state index contributed by atoms with van der Waals surface area (Å²) in [4.78, 5) is 4.39. The van der Waals surface area contributed by atoms with Crippen molar-refractivity contribution < 1.29 is 4.74 Å². The van der Waals surface area contributed by atoms with E-state index < -0.39 is 0 Å². The van der Waals surface area contributed by atoms with Crippen LogP contribution in [0.4, 0.5) is 0 Å². The average molecular weight is 287 g/mol. The maximum absolute atomic E-state index is 5.86. The van der Waals surface area contributed by atoms with Crippen molar-refractivity contribution in [3.63, 3.8) is 0 Å². The maximum Gasteiger partial charge on any atom is 0.191 e. The van der Waals surface area contributed by atoms with E-state index in [-0.39, 0.29) is 0 Å². The fourth-order valence-electron chi connectivity index (χ4n) is 2.92. The van der Waals surface area contributed by atoms with Gasteiger partial charge in [-0.1, -0.05) is 6.07 Å². The lowest BCUT2D eigenvalue weighted by molar-refractivity contribution is 0.310. The lowest BCUT2D eigenvalue weighted by atomic mass is 9.92. The topological polar surface area (TPSA) is 45.6 Å². The highest BCUT2D eigenvalue weighted by Gasteiger charge is 2.09. The van der Waals surface area contributed by atoms with Crippen molar-refractivity contribution in [3.8, 4) is 5.75 Å². The number of rotatable bonds is 5. The van der Waals surface area contributed by atoms with Gasteiger partial charge >= 0.3 is 0 Å². The smallest absolute Gasteiger partial charge is 0.191 e. The molecule has 0 saturated carbocycles. The van der Waals surface area contributed by atoms with Crippen LogP contribution in [0.3, 0.4) is 0 Å². The van der Waals surface area contributed by atoms with Gasteiger partial charge in [0.2, 0.25) is 0 Å². The molecule has 4 nitrogen and oxygen atoms in total. The van der Waals surface area contributed by atoms with Gasteiger partial charge in [0.1, 0.15) is 5.75 Å². The van der Waals surface area contributed by atoms with Crippen LogP contribution in [0.5, 0.6) is 5.75 Å². The second-order valence-electron chi connectivity index (χ2n) is 5.78. The number of guanidine groups is 1. The van der Waals surface area contributed by atoms with Crippen molar-refractivity contribution in [2.24, 2.45) is 4.99 Å². The molecule has 1 aliphatic carbocycles. The van der Waals surface area contributed by atoms with Gasteiger partial charge in [0.15, 0.2) is 5.96 Å². The van der Waals surface area contributed by atoms with Crippen LogP contribution in [-0.4, -0.2) is 32.2 Å². The molecule has 114 valence electrons. The fourth-order valence-corrected chi connectivity index (χ4v) is 2.92. The molecule has 0 amide bonds. The summed E-state index contributed by atoms with van der Waals surface area (Å²) in [5, 5.41) is 6.58. The fraction of sp³-hybridized carbons (Fsp3) is 0.588. The predicted molar refractivity (Wildman–Crippen MR) is 86.1 cm³/mol. The van der Waals surface area contributed by atoms with Crippen LogP contribution in [0.1, 0.15) is 36.8 Å². The summed E-state index contributed by atoms with van der Waals surface area (Å²) in [5.74, 6) is 1.96. The first-order valence-electron chi connectivity index (χ1n) is 8.18. The van der Waals surface area contributed by atoms with Crippen LogP contribution < -0.4 is 15.4 Å². The van der Waals surface area contributed by atoms with E-state index >= 15 is 0 Å². The molecule has 0 bridgehead atoms. The van der Waals surface area contributed by atoms with E-state index in [2.05, 4.69) is 33.8 Å². The number of nitrogens with zero attached hydrogens (tertiary/aromatic N) is 1. The zero-order valence-electron chi connectivity index (χ0n) is 12.7. The van der Waals surface area contributed by atoms with E-state index in [0.717, 1.165) is 50.8 Å². The molecule has 0 spiro atoms. The van der Waals surface area contributed by atoms with Crippen LogP contribution in [0.2, 0.25) is 0 Å². The first-order chi connectivity index (χ1) is 10.4. The van der Waals surface area contributed by atoms with E-state index in [4.69, 9.17) is 4.74 Å². The predicted octanol–water partition coefficient (Wildman–Crippen LogP) is 2.27. The standard InChI is InChI=1S/C17H25N3O/c1-2-6-15-13-16(8-7-14(15)5-1)21-12-4-11-20-17-18-9-3-10-19-17/h7-8,13H,1-6,9-12H2,(H2,18,19,20). The summed E-state index contributed by atoms with van der Waals surface area (Å²) in [5.41, 5.74) is 2.99. The number of fused-ring (bicyclic) bond motifs is 1. The minimum absolute atomic E-state index is 0.749. The van der Waals surface area contributed by atoms with Gasteiger partial charge in [-0.2, -0.15) is 0 Å². The monoisotopic (exact) mass is 287 g/mol. The second kappa shape index (κ2) is 7.34. The Bertz CT molecular complexity index is 499. The Morgan fingerprint density at radius 1 is 1.14 bits per heavy atom. The van der Waals surface area contributed by atoms with E-state index in [1.165, 1.54) is 36.8 Å². The Kier molecular flexibility index (Phi) is 4.98. The molecular formula is C17H25N3O. The third-order valence-corrected chi connectivity index (χ3v) is 4.10. The highest BCUT2D eigenvalue weighted by molar-refractivity contribution is 5.80. The Morgan fingerprint density at radius 2 is 2.05 bits per heavy atom. The van der Waals surface area contributed by atoms with Crippen LogP contribution in [0.15, 0.2) is 23.2 Å². The third kappa shape index (κ3) is 4.13. The normalized spacial score (nSPS) is 17.4. The van der Waals surface area contributed by atoms with Crippen molar-refractivity contribution in [1.82, 2.24) is 10.6 Å². The zero-order chi connectivity index (χ0) is 14.3. The Morgan fingerprint density at radius 3 is 2.90 bits per heavy atom. The molecule has 0 atom stereocenters. The van der Waals surface area contributed by atoms with Gasteiger partial charge in [0, 0.05) is 19.6 Å². The van der Waals surface area contributed by atoms with Crippen molar-refractivity contribution in [2.75, 3.05) is 26.2 Å². The van der Waals surface area contributed by atoms with Gasteiger partial charge in [0.05, 0.1) is 6.61 Å². The summed E-state index contributed by atoms with van der Waals surface area (Å²) >= 11 is 0. The van der Waals surface area contributed by atoms with Crippen LogP contribution in [-0.2, 0) is 12.8 Å². The molecule has 1 aliphatic heterocycles. The molecule has 0 fully saturated rings. The summed E-state index contributed by atoms with van der Waals surface area (Å²) in [7, 11) is 0. The molecule has 21 heavy (non-hydrogen) atoms. The number of hydrogen-bond acceptors (Lipinski definition) is 4. The van der Waals surface area contributed by atoms with Gasteiger partial charge in [0.25, 0.3) is 0 Å². The van der Waals surface area contributed by atoms with Crippen molar-refractivity contribution in [1.29, 1.82) is 0 Å². The molecule has 0 radical (unpaired) electrons. The first-order valence-corrected chi connectivity index (χ1v) is 8.18. The molecule has 1 heterocycles. The zero-order valence-corrected chi connectivity index (χ0v) is 12.7. The largest absolute Gasteiger partial charge is 0.494 e. The molecule has 1 aromatic rings. The van der Waals surface area contributed by atoms with Crippen molar-refractivity contribution in [3.05, 3.63) is 29.3 Å². The third-order valence-electron chi connectivity index (χ3n) is 4.10. The molecule has 2 aliphatic rings. The van der Waals surface area contributed by atoms with Gasteiger partial charge in [-0.3, -0.25) is 4.99 Å². The number of hydrogen-bond donors (Lipinski definition) is 2. The molecule has 4 heteroatoms.